The van der Waals surface area contributed by atoms with Gasteiger partial charge in [-0.25, -0.2) is 14.6 Å². The van der Waals surface area contributed by atoms with Crippen LogP contribution < -0.4 is 15.8 Å². The van der Waals surface area contributed by atoms with Crippen molar-refractivity contribution in [3.05, 3.63) is 40.4 Å². The van der Waals surface area contributed by atoms with Crippen LogP contribution in [0.1, 0.15) is 50.3 Å². The molecule has 0 aromatic carbocycles. The van der Waals surface area contributed by atoms with Gasteiger partial charge in [0.25, 0.3) is 5.56 Å². The van der Waals surface area contributed by atoms with Crippen molar-refractivity contribution in [1.29, 1.82) is 0 Å². The van der Waals surface area contributed by atoms with E-state index in [9.17, 15) is 9.90 Å². The first-order valence-corrected chi connectivity index (χ1v) is 10.2. The lowest BCUT2D eigenvalue weighted by atomic mass is 10.0. The predicted octanol–water partition coefficient (Wildman–Crippen LogP) is 1.90. The Morgan fingerprint density at radius 1 is 1.18 bits per heavy atom. The summed E-state index contributed by atoms with van der Waals surface area (Å²) in [5.74, 6) is 1.44. The van der Waals surface area contributed by atoms with Crippen molar-refractivity contribution in [1.82, 2.24) is 19.7 Å². The van der Waals surface area contributed by atoms with E-state index in [1.165, 1.54) is 11.1 Å². The number of piperidine rings is 1. The largest absolute Gasteiger partial charge is 0.391 e. The molecule has 28 heavy (non-hydrogen) atoms. The minimum absolute atomic E-state index is 0.144. The fraction of sp³-hybridized carbons (Fsp3) is 0.600. The first-order valence-electron chi connectivity index (χ1n) is 10.2. The molecule has 0 amide bonds. The van der Waals surface area contributed by atoms with Crippen molar-refractivity contribution in [2.24, 2.45) is 0 Å². The molecule has 2 aliphatic rings. The zero-order valence-electron chi connectivity index (χ0n) is 16.3. The van der Waals surface area contributed by atoms with Gasteiger partial charge in [-0.2, -0.15) is 5.10 Å². The van der Waals surface area contributed by atoms with E-state index in [-0.39, 0.29) is 17.6 Å². The third-order valence-corrected chi connectivity index (χ3v) is 5.78. The molecule has 8 nitrogen and oxygen atoms in total. The molecule has 1 aliphatic carbocycles. The van der Waals surface area contributed by atoms with Gasteiger partial charge in [-0.3, -0.25) is 4.79 Å². The molecule has 0 bridgehead atoms. The smallest absolute Gasteiger partial charge is 0.267 e. The number of aliphatic hydroxyl groups excluding tert-OH is 1. The molecule has 8 heteroatoms. The number of hydrogen-bond acceptors (Lipinski definition) is 7. The van der Waals surface area contributed by atoms with Crippen LogP contribution in [0.3, 0.4) is 0 Å². The molecule has 2 aromatic heterocycles. The minimum Gasteiger partial charge on any atom is -0.391 e. The summed E-state index contributed by atoms with van der Waals surface area (Å²) < 4.78 is 1.50. The molecule has 2 N–H and O–H groups in total. The van der Waals surface area contributed by atoms with Crippen LogP contribution in [0.15, 0.2) is 29.2 Å². The SMILES string of the molecule is Cc1ccnc(NCC2CCCCN2c2ccc(=O)n(C3CCCC3O)n2)n1. The summed E-state index contributed by atoms with van der Waals surface area (Å²) in [6.45, 7) is 3.57. The Morgan fingerprint density at radius 2 is 2.07 bits per heavy atom. The zero-order chi connectivity index (χ0) is 19.5. The number of aliphatic hydroxyl groups is 1. The molecular weight excluding hydrogens is 356 g/mol. The van der Waals surface area contributed by atoms with Crippen molar-refractivity contribution in [3.63, 3.8) is 0 Å². The van der Waals surface area contributed by atoms with Crippen LogP contribution in [0.4, 0.5) is 11.8 Å². The number of nitrogens with one attached hydrogen (secondary N) is 1. The normalized spacial score (nSPS) is 25.1. The lowest BCUT2D eigenvalue weighted by molar-refractivity contribution is 0.127. The molecule has 4 rings (SSSR count). The molecule has 150 valence electrons. The highest BCUT2D eigenvalue weighted by Crippen LogP contribution is 2.29. The van der Waals surface area contributed by atoms with Crippen molar-refractivity contribution >= 4 is 11.8 Å². The number of aromatic nitrogens is 4. The van der Waals surface area contributed by atoms with Crippen LogP contribution in [0.5, 0.6) is 0 Å². The third kappa shape index (κ3) is 4.01. The monoisotopic (exact) mass is 384 g/mol. The highest BCUT2D eigenvalue weighted by molar-refractivity contribution is 5.40. The van der Waals surface area contributed by atoms with Gasteiger partial charge in [-0.05, 0) is 57.6 Å². The molecule has 0 spiro atoms. The fourth-order valence-electron chi connectivity index (χ4n) is 4.27. The Morgan fingerprint density at radius 3 is 2.86 bits per heavy atom. The minimum atomic E-state index is -0.488. The highest BCUT2D eigenvalue weighted by atomic mass is 16.3. The van der Waals surface area contributed by atoms with E-state index in [0.29, 0.717) is 5.95 Å². The molecule has 2 fully saturated rings. The van der Waals surface area contributed by atoms with Crippen molar-refractivity contribution in [3.8, 4) is 0 Å². The van der Waals surface area contributed by atoms with E-state index < -0.39 is 6.10 Å². The number of aryl methyl sites for hydroxylation is 1. The maximum Gasteiger partial charge on any atom is 0.267 e. The maximum atomic E-state index is 12.4. The number of rotatable bonds is 5. The van der Waals surface area contributed by atoms with Gasteiger partial charge in [0.1, 0.15) is 5.82 Å². The average Bonchev–Trinajstić information content (AvgIpc) is 3.13. The summed E-state index contributed by atoms with van der Waals surface area (Å²) in [7, 11) is 0. The fourth-order valence-corrected chi connectivity index (χ4v) is 4.27. The zero-order valence-corrected chi connectivity index (χ0v) is 16.3. The Bertz CT molecular complexity index is 870. The van der Waals surface area contributed by atoms with Gasteiger partial charge in [0, 0.05) is 37.1 Å². The van der Waals surface area contributed by atoms with E-state index in [1.54, 1.807) is 12.3 Å². The van der Waals surface area contributed by atoms with Gasteiger partial charge in [0.15, 0.2) is 0 Å². The summed E-state index contributed by atoms with van der Waals surface area (Å²) in [6.07, 6.45) is 7.04. The van der Waals surface area contributed by atoms with Gasteiger partial charge in [-0.15, -0.1) is 0 Å². The Labute approximate surface area is 164 Å². The standard InChI is InChI=1S/C20H28N6O2/c1-14-10-11-21-20(23-14)22-13-15-5-2-3-12-25(15)18-8-9-19(28)26(24-18)16-6-4-7-17(16)27/h8-11,15-17,27H,2-7,12-13H2,1H3,(H,21,22,23). The van der Waals surface area contributed by atoms with E-state index >= 15 is 0 Å². The molecule has 3 atom stereocenters. The van der Waals surface area contributed by atoms with Crippen LogP contribution in [0, 0.1) is 6.92 Å². The summed E-state index contributed by atoms with van der Waals surface area (Å²) >= 11 is 0. The summed E-state index contributed by atoms with van der Waals surface area (Å²) in [6, 6.07) is 5.31. The molecule has 3 heterocycles. The van der Waals surface area contributed by atoms with E-state index in [4.69, 9.17) is 0 Å². The summed E-state index contributed by atoms with van der Waals surface area (Å²) in [5, 5.41) is 18.2. The van der Waals surface area contributed by atoms with Crippen LogP contribution >= 0.6 is 0 Å². The van der Waals surface area contributed by atoms with Crippen molar-refractivity contribution in [2.75, 3.05) is 23.3 Å². The van der Waals surface area contributed by atoms with E-state index in [0.717, 1.165) is 56.7 Å². The number of nitrogens with zero attached hydrogens (tertiary/aromatic N) is 5. The number of anilines is 2. The second kappa shape index (κ2) is 8.26. The van der Waals surface area contributed by atoms with Gasteiger partial charge < -0.3 is 15.3 Å². The molecule has 3 unspecified atom stereocenters. The number of hydrogen-bond donors (Lipinski definition) is 2. The Hall–Kier alpha value is -2.48. The van der Waals surface area contributed by atoms with Gasteiger partial charge in [0.2, 0.25) is 5.95 Å². The van der Waals surface area contributed by atoms with E-state index in [1.807, 2.05) is 19.1 Å². The highest BCUT2D eigenvalue weighted by Gasteiger charge is 2.30. The first-order chi connectivity index (χ1) is 13.6. The van der Waals surface area contributed by atoms with E-state index in [2.05, 4.69) is 25.3 Å². The van der Waals surface area contributed by atoms with Crippen molar-refractivity contribution in [2.45, 2.75) is 63.6 Å². The topological polar surface area (TPSA) is 96.2 Å². The first kappa shape index (κ1) is 18.9. The average molecular weight is 384 g/mol. The van der Waals surface area contributed by atoms with Crippen LogP contribution in [-0.4, -0.2) is 50.1 Å². The predicted molar refractivity (Wildman–Crippen MR) is 108 cm³/mol. The van der Waals surface area contributed by atoms with Gasteiger partial charge in [0.05, 0.1) is 12.1 Å². The Kier molecular flexibility index (Phi) is 5.57. The second-order valence-corrected chi connectivity index (χ2v) is 7.79. The van der Waals surface area contributed by atoms with Crippen LogP contribution in [-0.2, 0) is 0 Å². The molecule has 1 saturated carbocycles. The third-order valence-electron chi connectivity index (χ3n) is 5.78. The molecule has 1 aliphatic heterocycles. The molecular formula is C20H28N6O2. The van der Waals surface area contributed by atoms with Crippen LogP contribution in [0.2, 0.25) is 0 Å². The quantitative estimate of drug-likeness (QED) is 0.813. The molecule has 1 saturated heterocycles. The van der Waals surface area contributed by atoms with Crippen LogP contribution in [0.25, 0.3) is 0 Å². The summed E-state index contributed by atoms with van der Waals surface area (Å²) in [4.78, 5) is 23.3. The lowest BCUT2D eigenvalue weighted by Crippen LogP contribution is -2.45. The molecule has 2 aromatic rings. The second-order valence-electron chi connectivity index (χ2n) is 7.79. The van der Waals surface area contributed by atoms with Gasteiger partial charge in [-0.1, -0.05) is 0 Å². The summed E-state index contributed by atoms with van der Waals surface area (Å²) in [5.41, 5.74) is 0.788. The molecule has 0 radical (unpaired) electrons. The van der Waals surface area contributed by atoms with Gasteiger partial charge >= 0.3 is 0 Å². The Balaban J connectivity index is 1.53. The van der Waals surface area contributed by atoms with Crippen molar-refractivity contribution < 1.29 is 5.11 Å². The lowest BCUT2D eigenvalue weighted by Gasteiger charge is -2.37. The maximum absolute atomic E-state index is 12.4.